The lowest BCUT2D eigenvalue weighted by molar-refractivity contribution is 1.07. The second-order valence-electron chi connectivity index (χ2n) is 12.5. The smallest absolute Gasteiger partial charge is 0.164 e. The van der Waals surface area contributed by atoms with Crippen LogP contribution in [0, 0.1) is 0 Å². The number of hydrogen-bond donors (Lipinski definition) is 0. The topological polar surface area (TPSA) is 48.5 Å². The zero-order valence-electron chi connectivity index (χ0n) is 27.0. The van der Waals surface area contributed by atoms with Crippen LogP contribution in [0.25, 0.3) is 89.0 Å². The maximum atomic E-state index is 4.97. The zero-order valence-corrected chi connectivity index (χ0v) is 27.0. The van der Waals surface area contributed by atoms with Crippen molar-refractivity contribution in [3.05, 3.63) is 176 Å². The SMILES string of the molecule is c1ccc(-c2nc(-c3ccccc3)nc(-c3cccc(-n4ccc5c6ccc7c8ccccc8n(-c8ccccc8)c7c6ccc54)c3)n2)cc1. The molecule has 3 heterocycles. The standard InChI is InChI=1S/C45H29N5/c1-4-13-30(14-5-1)43-46-44(31-15-6-2-7-16-31)48-45(47-43)32-17-12-20-34(29-32)49-28-27-37-35-23-24-39-36-21-10-11-22-41(36)50(33-18-8-3-9-19-33)42(39)38(35)25-26-40(37)49/h1-29H. The van der Waals surface area contributed by atoms with E-state index in [4.69, 9.17) is 15.0 Å². The summed E-state index contributed by atoms with van der Waals surface area (Å²) in [4.78, 5) is 14.8. The van der Waals surface area contributed by atoms with E-state index < -0.39 is 0 Å². The molecule has 5 heteroatoms. The Morgan fingerprint density at radius 3 is 1.58 bits per heavy atom. The second-order valence-corrected chi connectivity index (χ2v) is 12.5. The minimum absolute atomic E-state index is 0.637. The van der Waals surface area contributed by atoms with Gasteiger partial charge in [-0.15, -0.1) is 0 Å². The van der Waals surface area contributed by atoms with Gasteiger partial charge < -0.3 is 9.13 Å². The lowest BCUT2D eigenvalue weighted by Crippen LogP contribution is -2.00. The number of hydrogen-bond acceptors (Lipinski definition) is 3. The Balaban J connectivity index is 1.13. The highest BCUT2D eigenvalue weighted by molar-refractivity contribution is 6.22. The van der Waals surface area contributed by atoms with Crippen molar-refractivity contribution in [1.29, 1.82) is 0 Å². The van der Waals surface area contributed by atoms with Crippen LogP contribution in [0.4, 0.5) is 0 Å². The van der Waals surface area contributed by atoms with Crippen molar-refractivity contribution in [3.8, 4) is 45.5 Å². The van der Waals surface area contributed by atoms with Crippen molar-refractivity contribution < 1.29 is 0 Å². The molecule has 5 nitrogen and oxygen atoms in total. The fraction of sp³-hybridized carbons (Fsp3) is 0. The molecule has 50 heavy (non-hydrogen) atoms. The van der Waals surface area contributed by atoms with Crippen LogP contribution in [0.2, 0.25) is 0 Å². The first kappa shape index (κ1) is 28.2. The Morgan fingerprint density at radius 1 is 0.340 bits per heavy atom. The molecule has 0 radical (unpaired) electrons. The summed E-state index contributed by atoms with van der Waals surface area (Å²) >= 11 is 0. The van der Waals surface area contributed by atoms with E-state index in [9.17, 15) is 0 Å². The summed E-state index contributed by atoms with van der Waals surface area (Å²) < 4.78 is 4.66. The van der Waals surface area contributed by atoms with Gasteiger partial charge in [-0.3, -0.25) is 0 Å². The Morgan fingerprint density at radius 2 is 0.860 bits per heavy atom. The molecule has 0 bridgehead atoms. The van der Waals surface area contributed by atoms with Crippen LogP contribution >= 0.6 is 0 Å². The molecule has 0 fully saturated rings. The zero-order chi connectivity index (χ0) is 33.0. The molecular formula is C45H29N5. The average Bonchev–Trinajstić information content (AvgIpc) is 3.79. The summed E-state index contributed by atoms with van der Waals surface area (Å²) in [5.74, 6) is 1.94. The van der Waals surface area contributed by atoms with E-state index >= 15 is 0 Å². The van der Waals surface area contributed by atoms with Crippen LogP contribution in [0.15, 0.2) is 176 Å². The van der Waals surface area contributed by atoms with Gasteiger partial charge in [-0.2, -0.15) is 0 Å². The molecular weight excluding hydrogens is 611 g/mol. The first-order valence-corrected chi connectivity index (χ1v) is 16.8. The number of rotatable bonds is 5. The van der Waals surface area contributed by atoms with E-state index in [2.05, 4.69) is 125 Å². The highest BCUT2D eigenvalue weighted by Crippen LogP contribution is 2.39. The molecule has 234 valence electrons. The molecule has 0 amide bonds. The van der Waals surface area contributed by atoms with Crippen molar-refractivity contribution in [2.75, 3.05) is 0 Å². The fourth-order valence-electron chi connectivity index (χ4n) is 7.29. The Hall–Kier alpha value is -6.85. The average molecular weight is 640 g/mol. The number of fused-ring (bicyclic) bond motifs is 7. The van der Waals surface area contributed by atoms with Gasteiger partial charge in [0.2, 0.25) is 0 Å². The number of nitrogens with zero attached hydrogens (tertiary/aromatic N) is 5. The number of aromatic nitrogens is 5. The Kier molecular flexibility index (Phi) is 6.42. The van der Waals surface area contributed by atoms with Gasteiger partial charge in [0.1, 0.15) is 0 Å². The van der Waals surface area contributed by atoms with Crippen LogP contribution in [-0.2, 0) is 0 Å². The Bertz CT molecular complexity index is 2800. The van der Waals surface area contributed by atoms with Gasteiger partial charge in [0, 0.05) is 55.8 Å². The van der Waals surface area contributed by atoms with Gasteiger partial charge in [0.05, 0.1) is 16.6 Å². The summed E-state index contributed by atoms with van der Waals surface area (Å²) in [6.07, 6.45) is 2.17. The second kappa shape index (κ2) is 11.4. The molecule has 0 saturated carbocycles. The van der Waals surface area contributed by atoms with E-state index in [-0.39, 0.29) is 0 Å². The first-order chi connectivity index (χ1) is 24.8. The molecule has 10 aromatic rings. The molecule has 0 aliphatic heterocycles. The summed E-state index contributed by atoms with van der Waals surface area (Å²) in [6.45, 7) is 0. The minimum atomic E-state index is 0.637. The van der Waals surface area contributed by atoms with Gasteiger partial charge in [0.15, 0.2) is 17.5 Å². The van der Waals surface area contributed by atoms with Crippen molar-refractivity contribution >= 4 is 43.5 Å². The predicted molar refractivity (Wildman–Crippen MR) is 205 cm³/mol. The minimum Gasteiger partial charge on any atom is -0.317 e. The molecule has 0 spiro atoms. The maximum Gasteiger partial charge on any atom is 0.164 e. The monoisotopic (exact) mass is 639 g/mol. The lowest BCUT2D eigenvalue weighted by atomic mass is 10.0. The third kappa shape index (κ3) is 4.52. The van der Waals surface area contributed by atoms with Gasteiger partial charge in [-0.05, 0) is 47.9 Å². The third-order valence-electron chi connectivity index (χ3n) is 9.60. The lowest BCUT2D eigenvalue weighted by Gasteiger charge is -2.12. The van der Waals surface area contributed by atoms with Gasteiger partial charge in [-0.1, -0.05) is 127 Å². The molecule has 7 aromatic carbocycles. The van der Waals surface area contributed by atoms with Crippen LogP contribution in [0.3, 0.4) is 0 Å². The van der Waals surface area contributed by atoms with Crippen molar-refractivity contribution in [2.45, 2.75) is 0 Å². The summed E-state index contributed by atoms with van der Waals surface area (Å²) in [5.41, 5.74) is 8.60. The van der Waals surface area contributed by atoms with E-state index in [1.807, 2.05) is 60.7 Å². The summed E-state index contributed by atoms with van der Waals surface area (Å²) in [5, 5.41) is 6.17. The molecule has 0 aliphatic rings. The van der Waals surface area contributed by atoms with Crippen molar-refractivity contribution in [2.24, 2.45) is 0 Å². The molecule has 0 unspecified atom stereocenters. The maximum absolute atomic E-state index is 4.97. The van der Waals surface area contributed by atoms with Crippen LogP contribution < -0.4 is 0 Å². The van der Waals surface area contributed by atoms with Gasteiger partial charge >= 0.3 is 0 Å². The number of para-hydroxylation sites is 2. The predicted octanol–water partition coefficient (Wildman–Crippen LogP) is 11.1. The van der Waals surface area contributed by atoms with E-state index in [1.54, 1.807) is 0 Å². The van der Waals surface area contributed by atoms with Crippen LogP contribution in [0.5, 0.6) is 0 Å². The first-order valence-electron chi connectivity index (χ1n) is 16.8. The van der Waals surface area contributed by atoms with E-state index in [0.717, 1.165) is 33.6 Å². The highest BCUT2D eigenvalue weighted by Gasteiger charge is 2.18. The van der Waals surface area contributed by atoms with E-state index in [1.165, 1.54) is 38.0 Å². The normalized spacial score (nSPS) is 11.6. The quantitative estimate of drug-likeness (QED) is 0.188. The van der Waals surface area contributed by atoms with E-state index in [0.29, 0.717) is 17.5 Å². The van der Waals surface area contributed by atoms with Crippen LogP contribution in [-0.4, -0.2) is 24.1 Å². The fourth-order valence-corrected chi connectivity index (χ4v) is 7.29. The van der Waals surface area contributed by atoms with Gasteiger partial charge in [0.25, 0.3) is 0 Å². The third-order valence-corrected chi connectivity index (χ3v) is 9.60. The van der Waals surface area contributed by atoms with Crippen LogP contribution in [0.1, 0.15) is 0 Å². The molecule has 0 saturated heterocycles. The molecule has 10 rings (SSSR count). The van der Waals surface area contributed by atoms with Gasteiger partial charge in [-0.25, -0.2) is 15.0 Å². The largest absolute Gasteiger partial charge is 0.317 e. The molecule has 0 aliphatic carbocycles. The Labute approximate surface area is 288 Å². The molecule has 0 N–H and O–H groups in total. The number of benzene rings is 7. The molecule has 3 aromatic heterocycles. The molecule has 0 atom stereocenters. The summed E-state index contributed by atoms with van der Waals surface area (Å²) in [6, 6.07) is 59.3. The highest BCUT2D eigenvalue weighted by atomic mass is 15.0. The van der Waals surface area contributed by atoms with Crippen molar-refractivity contribution in [1.82, 2.24) is 24.1 Å². The van der Waals surface area contributed by atoms with Crippen molar-refractivity contribution in [3.63, 3.8) is 0 Å². The summed E-state index contributed by atoms with van der Waals surface area (Å²) in [7, 11) is 0.